The molecule has 0 spiro atoms. The average Bonchev–Trinajstić information content (AvgIpc) is 3.31. The van der Waals surface area contributed by atoms with Crippen LogP contribution in [0.2, 0.25) is 0 Å². The fourth-order valence-electron chi connectivity index (χ4n) is 2.94. The van der Waals surface area contributed by atoms with Gasteiger partial charge in [0.1, 0.15) is 0 Å². The molecule has 0 saturated heterocycles. The van der Waals surface area contributed by atoms with Gasteiger partial charge < -0.3 is 23.7 Å². The van der Waals surface area contributed by atoms with Crippen LogP contribution in [-0.2, 0) is 9.53 Å². The van der Waals surface area contributed by atoms with Gasteiger partial charge in [0, 0.05) is 5.56 Å². The van der Waals surface area contributed by atoms with Gasteiger partial charge in [-0.15, -0.1) is 0 Å². The van der Waals surface area contributed by atoms with Crippen LogP contribution in [0, 0.1) is 3.57 Å². The van der Waals surface area contributed by atoms with E-state index in [-0.39, 0.29) is 18.4 Å². The Kier molecular flexibility index (Phi) is 5.61. The Bertz CT molecular complexity index is 1030. The number of halogens is 1. The smallest absolute Gasteiger partial charge is 0.363 e. The van der Waals surface area contributed by atoms with Crippen LogP contribution in [0.1, 0.15) is 25.0 Å². The van der Waals surface area contributed by atoms with Crippen molar-refractivity contribution in [2.75, 3.05) is 20.0 Å². The van der Waals surface area contributed by atoms with Crippen LogP contribution in [0.25, 0.3) is 6.08 Å². The molecule has 0 radical (unpaired) electrons. The average molecular weight is 507 g/mol. The molecule has 150 valence electrons. The number of ether oxygens (including phenoxy) is 5. The van der Waals surface area contributed by atoms with Gasteiger partial charge in [0.2, 0.25) is 12.7 Å². The third-order valence-electron chi connectivity index (χ3n) is 4.16. The standard InChI is InChI=1S/C21H18INO6/c1-3-25-18-9-12(7-14(22)19(18)26-4-2)8-15-21(24)29-20(23-15)13-5-6-16-17(10-13)28-11-27-16/h5-10H,3-4,11H2,1-2H3. The number of carbonyl (C=O) groups excluding carboxylic acids is 1. The topological polar surface area (TPSA) is 75.6 Å². The van der Waals surface area contributed by atoms with E-state index in [4.69, 9.17) is 23.7 Å². The number of hydrogen-bond donors (Lipinski definition) is 0. The Morgan fingerprint density at radius 1 is 1.10 bits per heavy atom. The first-order chi connectivity index (χ1) is 14.1. The summed E-state index contributed by atoms with van der Waals surface area (Å²) in [5.41, 5.74) is 1.62. The van der Waals surface area contributed by atoms with Crippen molar-refractivity contribution in [2.45, 2.75) is 13.8 Å². The summed E-state index contributed by atoms with van der Waals surface area (Å²) < 4.78 is 28.3. The highest BCUT2D eigenvalue weighted by molar-refractivity contribution is 14.1. The summed E-state index contributed by atoms with van der Waals surface area (Å²) in [5, 5.41) is 0. The molecule has 29 heavy (non-hydrogen) atoms. The zero-order chi connectivity index (χ0) is 20.4. The maximum absolute atomic E-state index is 12.3. The Labute approximate surface area is 181 Å². The van der Waals surface area contributed by atoms with Crippen molar-refractivity contribution in [3.63, 3.8) is 0 Å². The van der Waals surface area contributed by atoms with E-state index in [1.807, 2.05) is 26.0 Å². The number of cyclic esters (lactones) is 1. The minimum absolute atomic E-state index is 0.175. The second-order valence-corrected chi connectivity index (χ2v) is 7.26. The van der Waals surface area contributed by atoms with E-state index < -0.39 is 5.97 Å². The highest BCUT2D eigenvalue weighted by atomic mass is 127. The Balaban J connectivity index is 1.66. The molecule has 2 aliphatic heterocycles. The summed E-state index contributed by atoms with van der Waals surface area (Å²) in [4.78, 5) is 16.7. The Morgan fingerprint density at radius 2 is 1.90 bits per heavy atom. The van der Waals surface area contributed by atoms with Crippen molar-refractivity contribution in [2.24, 2.45) is 4.99 Å². The quantitative estimate of drug-likeness (QED) is 0.332. The predicted octanol–water partition coefficient (Wildman–Crippen LogP) is 4.16. The van der Waals surface area contributed by atoms with Crippen molar-refractivity contribution in [3.05, 3.63) is 50.7 Å². The van der Waals surface area contributed by atoms with Gasteiger partial charge >= 0.3 is 5.97 Å². The monoisotopic (exact) mass is 507 g/mol. The summed E-state index contributed by atoms with van der Waals surface area (Å²) in [5.74, 6) is 2.28. The molecule has 0 saturated carbocycles. The first-order valence-corrected chi connectivity index (χ1v) is 10.2. The van der Waals surface area contributed by atoms with Crippen LogP contribution in [0.3, 0.4) is 0 Å². The SMILES string of the molecule is CCOc1cc(C=C2N=C(c3ccc4c(c3)OCO4)OC2=O)cc(I)c1OCC. The van der Waals surface area contributed by atoms with E-state index >= 15 is 0 Å². The molecule has 2 aromatic carbocycles. The maximum atomic E-state index is 12.3. The number of rotatable bonds is 6. The summed E-state index contributed by atoms with van der Waals surface area (Å²) in [6.07, 6.45) is 1.67. The van der Waals surface area contributed by atoms with Crippen LogP contribution >= 0.6 is 22.6 Å². The summed E-state index contributed by atoms with van der Waals surface area (Å²) in [7, 11) is 0. The molecule has 2 aromatic rings. The molecule has 0 bridgehead atoms. The molecule has 4 rings (SSSR count). The van der Waals surface area contributed by atoms with E-state index in [9.17, 15) is 4.79 Å². The molecular weight excluding hydrogens is 489 g/mol. The van der Waals surface area contributed by atoms with Crippen molar-refractivity contribution < 1.29 is 28.5 Å². The number of esters is 1. The van der Waals surface area contributed by atoms with Gasteiger partial charge in [0.05, 0.1) is 16.8 Å². The van der Waals surface area contributed by atoms with Crippen LogP contribution in [0.15, 0.2) is 41.0 Å². The minimum Gasteiger partial charge on any atom is -0.490 e. The lowest BCUT2D eigenvalue weighted by atomic mass is 10.1. The number of aliphatic imine (C=N–C) groups is 1. The number of nitrogens with zero attached hydrogens (tertiary/aromatic N) is 1. The molecule has 0 amide bonds. The van der Waals surface area contributed by atoms with Gasteiger partial charge in [-0.2, -0.15) is 0 Å². The van der Waals surface area contributed by atoms with Gasteiger partial charge in [-0.25, -0.2) is 9.79 Å². The highest BCUT2D eigenvalue weighted by Gasteiger charge is 2.26. The van der Waals surface area contributed by atoms with Crippen LogP contribution in [0.5, 0.6) is 23.0 Å². The fraction of sp³-hybridized carbons (Fsp3) is 0.238. The molecule has 8 heteroatoms. The van der Waals surface area contributed by atoms with Crippen molar-refractivity contribution in [1.29, 1.82) is 0 Å². The second-order valence-electron chi connectivity index (χ2n) is 6.10. The highest BCUT2D eigenvalue weighted by Crippen LogP contribution is 2.36. The third-order valence-corrected chi connectivity index (χ3v) is 4.97. The Hall–Kier alpha value is -2.75. The predicted molar refractivity (Wildman–Crippen MR) is 115 cm³/mol. The molecule has 0 aliphatic carbocycles. The number of hydrogen-bond acceptors (Lipinski definition) is 7. The van der Waals surface area contributed by atoms with Crippen LogP contribution in [0.4, 0.5) is 0 Å². The lowest BCUT2D eigenvalue weighted by Gasteiger charge is -2.13. The first kappa shape index (κ1) is 19.6. The van der Waals surface area contributed by atoms with Gasteiger partial charge in [0.25, 0.3) is 0 Å². The van der Waals surface area contributed by atoms with E-state index in [1.54, 1.807) is 24.3 Å². The first-order valence-electron chi connectivity index (χ1n) is 9.10. The van der Waals surface area contributed by atoms with Crippen molar-refractivity contribution in [1.82, 2.24) is 0 Å². The minimum atomic E-state index is -0.514. The van der Waals surface area contributed by atoms with Gasteiger partial charge in [-0.05, 0) is 78.4 Å². The van der Waals surface area contributed by atoms with Crippen molar-refractivity contribution >= 4 is 40.5 Å². The van der Waals surface area contributed by atoms with Crippen LogP contribution < -0.4 is 18.9 Å². The molecule has 0 atom stereocenters. The van der Waals surface area contributed by atoms with Crippen molar-refractivity contribution in [3.8, 4) is 23.0 Å². The Morgan fingerprint density at radius 3 is 2.69 bits per heavy atom. The summed E-state index contributed by atoms with van der Waals surface area (Å²) in [6.45, 7) is 5.04. The lowest BCUT2D eigenvalue weighted by molar-refractivity contribution is -0.129. The molecule has 0 fully saturated rings. The van der Waals surface area contributed by atoms with Gasteiger partial charge in [-0.1, -0.05) is 0 Å². The normalized spacial score (nSPS) is 16.0. The van der Waals surface area contributed by atoms with Crippen LogP contribution in [-0.4, -0.2) is 31.9 Å². The van der Waals surface area contributed by atoms with Gasteiger partial charge in [-0.3, -0.25) is 0 Å². The van der Waals surface area contributed by atoms with E-state index in [1.165, 1.54) is 0 Å². The van der Waals surface area contributed by atoms with E-state index in [2.05, 4.69) is 27.6 Å². The van der Waals surface area contributed by atoms with E-state index in [0.717, 1.165) is 9.13 Å². The molecule has 2 heterocycles. The van der Waals surface area contributed by atoms with Gasteiger partial charge in [0.15, 0.2) is 28.7 Å². The zero-order valence-corrected chi connectivity index (χ0v) is 18.0. The maximum Gasteiger partial charge on any atom is 0.363 e. The molecule has 0 unspecified atom stereocenters. The number of fused-ring (bicyclic) bond motifs is 1. The fourth-order valence-corrected chi connectivity index (χ4v) is 3.72. The molecular formula is C21H18INO6. The molecule has 7 nitrogen and oxygen atoms in total. The third kappa shape index (κ3) is 4.02. The lowest BCUT2D eigenvalue weighted by Crippen LogP contribution is -2.05. The molecule has 0 N–H and O–H groups in total. The molecule has 2 aliphatic rings. The number of carbonyl (C=O) groups is 1. The molecule has 0 aromatic heterocycles. The summed E-state index contributed by atoms with van der Waals surface area (Å²) >= 11 is 2.18. The number of benzene rings is 2. The second kappa shape index (κ2) is 8.32. The largest absolute Gasteiger partial charge is 0.490 e. The zero-order valence-electron chi connectivity index (χ0n) is 15.9. The summed E-state index contributed by atoms with van der Waals surface area (Å²) in [6, 6.07) is 9.01. The van der Waals surface area contributed by atoms with E-state index in [0.29, 0.717) is 41.8 Å².